The van der Waals surface area contributed by atoms with Crippen molar-refractivity contribution in [2.24, 2.45) is 0 Å². The lowest BCUT2D eigenvalue weighted by molar-refractivity contribution is -0.138. The topological polar surface area (TPSA) is 24.9 Å². The van der Waals surface area contributed by atoms with Crippen molar-refractivity contribution in [1.29, 1.82) is 0 Å². The van der Waals surface area contributed by atoms with Gasteiger partial charge in [0.25, 0.3) is 0 Å². The van der Waals surface area contributed by atoms with E-state index in [0.717, 1.165) is 17.2 Å². The molecule has 1 unspecified atom stereocenters. The summed E-state index contributed by atoms with van der Waals surface area (Å²) in [5.74, 6) is 0. The van der Waals surface area contributed by atoms with E-state index in [-0.39, 0.29) is 5.56 Å². The predicted molar refractivity (Wildman–Crippen MR) is 69.2 cm³/mol. The van der Waals surface area contributed by atoms with Gasteiger partial charge >= 0.3 is 6.18 Å². The molecule has 2 aromatic heterocycles. The minimum Gasteiger partial charge on any atom is -0.309 e. The van der Waals surface area contributed by atoms with Crippen LogP contribution in [0.4, 0.5) is 13.2 Å². The van der Waals surface area contributed by atoms with Crippen molar-refractivity contribution >= 4 is 11.3 Å². The summed E-state index contributed by atoms with van der Waals surface area (Å²) in [5, 5.41) is 6.73. The first-order valence-electron chi connectivity index (χ1n) is 5.66. The molecule has 0 aromatic carbocycles. The molecule has 0 radical (unpaired) electrons. The van der Waals surface area contributed by atoms with Crippen LogP contribution >= 0.6 is 11.3 Å². The number of hydrogen-bond acceptors (Lipinski definition) is 3. The highest BCUT2D eigenvalue weighted by Gasteiger charge is 2.35. The van der Waals surface area contributed by atoms with Crippen molar-refractivity contribution in [3.8, 4) is 0 Å². The lowest BCUT2D eigenvalue weighted by Gasteiger charge is -2.21. The van der Waals surface area contributed by atoms with E-state index in [0.29, 0.717) is 0 Å². The Morgan fingerprint density at radius 2 is 2.00 bits per heavy atom. The second-order valence-electron chi connectivity index (χ2n) is 4.19. The first-order chi connectivity index (χ1) is 8.95. The Morgan fingerprint density at radius 1 is 1.26 bits per heavy atom. The van der Waals surface area contributed by atoms with E-state index < -0.39 is 17.8 Å². The van der Waals surface area contributed by atoms with E-state index in [1.54, 1.807) is 7.05 Å². The first-order valence-corrected chi connectivity index (χ1v) is 6.60. The van der Waals surface area contributed by atoms with Gasteiger partial charge in [-0.2, -0.15) is 24.5 Å². The first kappa shape index (κ1) is 14.0. The van der Waals surface area contributed by atoms with Crippen LogP contribution in [0.1, 0.15) is 28.3 Å². The average Bonchev–Trinajstić information content (AvgIpc) is 2.76. The highest BCUT2D eigenvalue weighted by atomic mass is 32.1. The Kier molecular flexibility index (Phi) is 3.91. The minimum absolute atomic E-state index is 0.152. The van der Waals surface area contributed by atoms with Gasteiger partial charge in [0, 0.05) is 18.0 Å². The molecule has 19 heavy (non-hydrogen) atoms. The van der Waals surface area contributed by atoms with Gasteiger partial charge in [0.2, 0.25) is 0 Å². The van der Waals surface area contributed by atoms with Crippen molar-refractivity contribution in [3.63, 3.8) is 0 Å². The van der Waals surface area contributed by atoms with Crippen LogP contribution in [-0.2, 0) is 6.18 Å². The number of hydrogen-bond donors (Lipinski definition) is 1. The normalized spacial score (nSPS) is 13.5. The van der Waals surface area contributed by atoms with Crippen LogP contribution in [0.5, 0.6) is 0 Å². The molecule has 0 saturated carbocycles. The number of pyridine rings is 1. The fourth-order valence-corrected chi connectivity index (χ4v) is 2.92. The molecule has 6 heteroatoms. The summed E-state index contributed by atoms with van der Waals surface area (Å²) in [6.45, 7) is 1.89. The van der Waals surface area contributed by atoms with Crippen LogP contribution in [0.3, 0.4) is 0 Å². The third-order valence-electron chi connectivity index (χ3n) is 2.96. The summed E-state index contributed by atoms with van der Waals surface area (Å²) in [6.07, 6.45) is -1.93. The number of aromatic nitrogens is 1. The van der Waals surface area contributed by atoms with E-state index >= 15 is 0 Å². The number of alkyl halides is 3. The minimum atomic E-state index is -4.38. The molecule has 2 aromatic rings. The van der Waals surface area contributed by atoms with Gasteiger partial charge in [0.1, 0.15) is 0 Å². The van der Waals surface area contributed by atoms with Crippen LogP contribution in [-0.4, -0.2) is 12.0 Å². The summed E-state index contributed by atoms with van der Waals surface area (Å²) in [4.78, 5) is 3.83. The van der Waals surface area contributed by atoms with E-state index in [4.69, 9.17) is 0 Å². The zero-order chi connectivity index (χ0) is 14.0. The number of nitrogens with zero attached hydrogens (tertiary/aromatic N) is 1. The van der Waals surface area contributed by atoms with Gasteiger partial charge in [-0.1, -0.05) is 0 Å². The Hall–Kier alpha value is -1.40. The summed E-state index contributed by atoms with van der Waals surface area (Å²) >= 11 is 1.48. The molecule has 0 amide bonds. The summed E-state index contributed by atoms with van der Waals surface area (Å²) in [7, 11) is 1.65. The average molecular weight is 286 g/mol. The third kappa shape index (κ3) is 2.79. The molecule has 0 bridgehead atoms. The number of thiophene rings is 1. The predicted octanol–water partition coefficient (Wildman–Crippen LogP) is 3.78. The molecule has 2 heterocycles. The van der Waals surface area contributed by atoms with Crippen LogP contribution in [0.15, 0.2) is 29.2 Å². The summed E-state index contributed by atoms with van der Waals surface area (Å²) < 4.78 is 39.1. The summed E-state index contributed by atoms with van der Waals surface area (Å²) in [5.41, 5.74) is 1.33. The zero-order valence-electron chi connectivity index (χ0n) is 10.5. The number of halogens is 3. The van der Waals surface area contributed by atoms with Crippen LogP contribution in [0.25, 0.3) is 0 Å². The zero-order valence-corrected chi connectivity index (χ0v) is 11.3. The van der Waals surface area contributed by atoms with Gasteiger partial charge in [-0.25, -0.2) is 0 Å². The molecule has 1 atom stereocenters. The Bertz CT molecular complexity index is 563. The molecular weight excluding hydrogens is 273 g/mol. The van der Waals surface area contributed by atoms with E-state index in [9.17, 15) is 13.2 Å². The van der Waals surface area contributed by atoms with Crippen molar-refractivity contribution in [2.75, 3.05) is 7.05 Å². The Labute approximate surface area is 113 Å². The second-order valence-corrected chi connectivity index (χ2v) is 4.94. The molecule has 0 aliphatic carbocycles. The van der Waals surface area contributed by atoms with Gasteiger partial charge in [-0.05, 0) is 41.9 Å². The highest BCUT2D eigenvalue weighted by molar-refractivity contribution is 7.08. The smallest absolute Gasteiger partial charge is 0.309 e. The summed E-state index contributed by atoms with van der Waals surface area (Å²) in [6, 6.07) is 0.512. The van der Waals surface area contributed by atoms with E-state index in [2.05, 4.69) is 10.3 Å². The van der Waals surface area contributed by atoms with Crippen molar-refractivity contribution in [3.05, 3.63) is 51.5 Å². The van der Waals surface area contributed by atoms with Gasteiger partial charge in [0.05, 0.1) is 11.6 Å². The van der Waals surface area contributed by atoms with Gasteiger partial charge in [-0.3, -0.25) is 4.98 Å². The largest absolute Gasteiger partial charge is 0.416 e. The standard InChI is InChI=1S/C13H13F3N2S/c1-8-6-19-7-10(8)12(17-2)9-5-18-4-3-11(9)13(14,15)16/h3-7,12,17H,1-2H3. The Balaban J connectivity index is 2.54. The number of nitrogens with one attached hydrogen (secondary N) is 1. The molecule has 1 N–H and O–H groups in total. The molecule has 0 fully saturated rings. The number of rotatable bonds is 3. The molecule has 0 aliphatic rings. The molecule has 2 nitrogen and oxygen atoms in total. The fourth-order valence-electron chi connectivity index (χ4n) is 2.04. The monoisotopic (exact) mass is 286 g/mol. The van der Waals surface area contributed by atoms with Crippen molar-refractivity contribution in [1.82, 2.24) is 10.3 Å². The van der Waals surface area contributed by atoms with Gasteiger partial charge in [0.15, 0.2) is 0 Å². The maximum absolute atomic E-state index is 13.0. The SMILES string of the molecule is CNC(c1cscc1C)c1cnccc1C(F)(F)F. The lowest BCUT2D eigenvalue weighted by Crippen LogP contribution is -2.22. The van der Waals surface area contributed by atoms with Crippen molar-refractivity contribution < 1.29 is 13.2 Å². The molecule has 2 rings (SSSR count). The quantitative estimate of drug-likeness (QED) is 0.929. The number of aryl methyl sites for hydroxylation is 1. The molecular formula is C13H13F3N2S. The van der Waals surface area contributed by atoms with Crippen LogP contribution < -0.4 is 5.32 Å². The Morgan fingerprint density at radius 3 is 2.53 bits per heavy atom. The second kappa shape index (κ2) is 5.30. The van der Waals surface area contributed by atoms with Crippen molar-refractivity contribution in [2.45, 2.75) is 19.1 Å². The maximum atomic E-state index is 13.0. The van der Waals surface area contributed by atoms with Crippen LogP contribution in [0, 0.1) is 6.92 Å². The molecule has 0 saturated heterocycles. The van der Waals surface area contributed by atoms with Crippen LogP contribution in [0.2, 0.25) is 0 Å². The maximum Gasteiger partial charge on any atom is 0.416 e. The van der Waals surface area contributed by atoms with Gasteiger partial charge in [-0.15, -0.1) is 0 Å². The molecule has 102 valence electrons. The third-order valence-corrected chi connectivity index (χ3v) is 3.84. The van der Waals surface area contributed by atoms with Gasteiger partial charge < -0.3 is 5.32 Å². The van der Waals surface area contributed by atoms with E-state index in [1.807, 2.05) is 17.7 Å². The molecule has 0 aliphatic heterocycles. The molecule has 0 spiro atoms. The fraction of sp³-hybridized carbons (Fsp3) is 0.308. The van der Waals surface area contributed by atoms with E-state index in [1.165, 1.54) is 23.7 Å². The highest BCUT2D eigenvalue weighted by Crippen LogP contribution is 2.37. The lowest BCUT2D eigenvalue weighted by atomic mass is 9.96.